The Kier molecular flexibility index (Phi) is 2.85. The number of ether oxygens (including phenoxy) is 1. The smallest absolute Gasteiger partial charge is 0.137 e. The van der Waals surface area contributed by atoms with Crippen LogP contribution in [0.15, 0.2) is 30.3 Å². The Labute approximate surface area is 85.5 Å². The van der Waals surface area contributed by atoms with Crippen molar-refractivity contribution < 1.29 is 4.74 Å². The third-order valence-electron chi connectivity index (χ3n) is 2.67. The van der Waals surface area contributed by atoms with Crippen molar-refractivity contribution >= 4 is 0 Å². The van der Waals surface area contributed by atoms with Crippen molar-refractivity contribution in [3.63, 3.8) is 0 Å². The van der Waals surface area contributed by atoms with Crippen LogP contribution in [0.2, 0.25) is 0 Å². The lowest BCUT2D eigenvalue weighted by molar-refractivity contribution is 0.0181. The summed E-state index contributed by atoms with van der Waals surface area (Å²) in [7, 11) is 0. The third-order valence-corrected chi connectivity index (χ3v) is 2.67. The van der Waals surface area contributed by atoms with Crippen molar-refractivity contribution in [2.45, 2.75) is 26.1 Å². The fraction of sp³-hybridized carbons (Fsp3) is 0.500. The van der Waals surface area contributed by atoms with Crippen LogP contribution in [0.3, 0.4) is 0 Å². The van der Waals surface area contributed by atoms with Gasteiger partial charge in [0.2, 0.25) is 0 Å². The highest BCUT2D eigenvalue weighted by molar-refractivity contribution is 5.18. The van der Waals surface area contributed by atoms with Crippen LogP contribution in [0.5, 0.6) is 0 Å². The normalized spacial score (nSPS) is 23.2. The topological polar surface area (TPSA) is 12.5 Å². The van der Waals surface area contributed by atoms with E-state index in [9.17, 15) is 0 Å². The molecule has 0 aliphatic carbocycles. The Hall–Kier alpha value is -0.860. The summed E-state index contributed by atoms with van der Waals surface area (Å²) in [4.78, 5) is 2.38. The van der Waals surface area contributed by atoms with E-state index in [0.717, 1.165) is 13.2 Å². The van der Waals surface area contributed by atoms with Gasteiger partial charge in [-0.1, -0.05) is 30.3 Å². The highest BCUT2D eigenvalue weighted by Crippen LogP contribution is 2.28. The van der Waals surface area contributed by atoms with Gasteiger partial charge in [0, 0.05) is 12.6 Å². The molecule has 1 aromatic carbocycles. The van der Waals surface area contributed by atoms with Gasteiger partial charge in [0.1, 0.15) is 6.23 Å². The lowest BCUT2D eigenvalue weighted by Gasteiger charge is -2.26. The van der Waals surface area contributed by atoms with Crippen molar-refractivity contribution in [2.24, 2.45) is 0 Å². The van der Waals surface area contributed by atoms with E-state index in [1.54, 1.807) is 0 Å². The number of benzene rings is 1. The average Bonchev–Trinajstić information content (AvgIpc) is 2.67. The van der Waals surface area contributed by atoms with Crippen LogP contribution >= 0.6 is 0 Å². The molecule has 0 bridgehead atoms. The molecule has 14 heavy (non-hydrogen) atoms. The van der Waals surface area contributed by atoms with Gasteiger partial charge in [-0.2, -0.15) is 0 Å². The summed E-state index contributed by atoms with van der Waals surface area (Å²) < 4.78 is 5.74. The molecule has 0 spiro atoms. The summed E-state index contributed by atoms with van der Waals surface area (Å²) in [5.74, 6) is 0. The van der Waals surface area contributed by atoms with Gasteiger partial charge in [-0.25, -0.2) is 0 Å². The summed E-state index contributed by atoms with van der Waals surface area (Å²) in [6.45, 7) is 6.31. The summed E-state index contributed by atoms with van der Waals surface area (Å²) in [6.07, 6.45) is 0.163. The molecule has 0 unspecified atom stereocenters. The SMILES string of the molecule is CC(C)N1CCO[C@@H]1c1ccccc1. The molecule has 0 amide bonds. The first-order valence-corrected chi connectivity index (χ1v) is 5.21. The molecule has 1 aliphatic rings. The molecule has 1 aliphatic heterocycles. The molecule has 1 saturated heterocycles. The van der Waals surface area contributed by atoms with Crippen LogP contribution in [0.25, 0.3) is 0 Å². The first-order valence-electron chi connectivity index (χ1n) is 5.21. The first-order chi connectivity index (χ1) is 6.79. The van der Waals surface area contributed by atoms with E-state index in [1.807, 2.05) is 6.07 Å². The van der Waals surface area contributed by atoms with Crippen LogP contribution in [0, 0.1) is 0 Å². The zero-order valence-electron chi connectivity index (χ0n) is 8.81. The highest BCUT2D eigenvalue weighted by atomic mass is 16.5. The van der Waals surface area contributed by atoms with Gasteiger partial charge < -0.3 is 4.74 Å². The van der Waals surface area contributed by atoms with E-state index >= 15 is 0 Å². The second-order valence-corrected chi connectivity index (χ2v) is 3.97. The van der Waals surface area contributed by atoms with E-state index in [-0.39, 0.29) is 6.23 Å². The Morgan fingerprint density at radius 2 is 2.00 bits per heavy atom. The zero-order chi connectivity index (χ0) is 9.97. The summed E-state index contributed by atoms with van der Waals surface area (Å²) >= 11 is 0. The average molecular weight is 191 g/mol. The lowest BCUT2D eigenvalue weighted by atomic mass is 10.1. The van der Waals surface area contributed by atoms with Crippen molar-refractivity contribution in [3.05, 3.63) is 35.9 Å². The van der Waals surface area contributed by atoms with Crippen LogP contribution in [-0.2, 0) is 4.74 Å². The highest BCUT2D eigenvalue weighted by Gasteiger charge is 2.28. The van der Waals surface area contributed by atoms with Crippen molar-refractivity contribution in [2.75, 3.05) is 13.2 Å². The van der Waals surface area contributed by atoms with Gasteiger partial charge in [-0.05, 0) is 19.4 Å². The quantitative estimate of drug-likeness (QED) is 0.712. The van der Waals surface area contributed by atoms with Crippen LogP contribution in [0.4, 0.5) is 0 Å². The van der Waals surface area contributed by atoms with Crippen molar-refractivity contribution in [1.29, 1.82) is 0 Å². The molecule has 76 valence electrons. The predicted octanol–water partition coefficient (Wildman–Crippen LogP) is 2.43. The summed E-state index contributed by atoms with van der Waals surface area (Å²) in [5.41, 5.74) is 1.26. The second kappa shape index (κ2) is 4.11. The number of nitrogens with zero attached hydrogens (tertiary/aromatic N) is 1. The van der Waals surface area contributed by atoms with Gasteiger partial charge in [-0.15, -0.1) is 0 Å². The molecule has 1 atom stereocenters. The van der Waals surface area contributed by atoms with Crippen LogP contribution in [0.1, 0.15) is 25.6 Å². The van der Waals surface area contributed by atoms with Gasteiger partial charge in [-0.3, -0.25) is 4.90 Å². The van der Waals surface area contributed by atoms with E-state index in [1.165, 1.54) is 5.56 Å². The minimum absolute atomic E-state index is 0.163. The Morgan fingerprint density at radius 1 is 1.29 bits per heavy atom. The van der Waals surface area contributed by atoms with Gasteiger partial charge in [0.15, 0.2) is 0 Å². The Morgan fingerprint density at radius 3 is 2.64 bits per heavy atom. The second-order valence-electron chi connectivity index (χ2n) is 3.97. The molecule has 0 N–H and O–H groups in total. The molecule has 2 nitrogen and oxygen atoms in total. The largest absolute Gasteiger partial charge is 0.358 e. The van der Waals surface area contributed by atoms with Crippen LogP contribution in [-0.4, -0.2) is 24.1 Å². The molecule has 2 heteroatoms. The number of hydrogen-bond donors (Lipinski definition) is 0. The number of rotatable bonds is 2. The molecule has 1 heterocycles. The van der Waals surface area contributed by atoms with Gasteiger partial charge >= 0.3 is 0 Å². The van der Waals surface area contributed by atoms with Gasteiger partial charge in [0.05, 0.1) is 6.61 Å². The minimum atomic E-state index is 0.163. The van der Waals surface area contributed by atoms with E-state index in [4.69, 9.17) is 4.74 Å². The molecule has 1 fully saturated rings. The number of hydrogen-bond acceptors (Lipinski definition) is 2. The molecular weight excluding hydrogens is 174 g/mol. The fourth-order valence-electron chi connectivity index (χ4n) is 1.92. The van der Waals surface area contributed by atoms with Crippen molar-refractivity contribution in [1.82, 2.24) is 4.90 Å². The Bertz CT molecular complexity index is 284. The monoisotopic (exact) mass is 191 g/mol. The van der Waals surface area contributed by atoms with E-state index in [2.05, 4.69) is 43.0 Å². The summed E-state index contributed by atoms with van der Waals surface area (Å²) in [6, 6.07) is 11.0. The maximum Gasteiger partial charge on any atom is 0.137 e. The van der Waals surface area contributed by atoms with Crippen molar-refractivity contribution in [3.8, 4) is 0 Å². The first kappa shape index (κ1) is 9.69. The van der Waals surface area contributed by atoms with Crippen LogP contribution < -0.4 is 0 Å². The summed E-state index contributed by atoms with van der Waals surface area (Å²) in [5, 5.41) is 0. The molecule has 1 aromatic rings. The van der Waals surface area contributed by atoms with E-state index < -0.39 is 0 Å². The zero-order valence-corrected chi connectivity index (χ0v) is 8.81. The van der Waals surface area contributed by atoms with E-state index in [0.29, 0.717) is 6.04 Å². The molecule has 0 aromatic heterocycles. The maximum absolute atomic E-state index is 5.74. The predicted molar refractivity (Wildman–Crippen MR) is 57.0 cm³/mol. The molecule has 2 rings (SSSR count). The Balaban J connectivity index is 2.18. The molecule has 0 radical (unpaired) electrons. The molecular formula is C12H17NO. The maximum atomic E-state index is 5.74. The fourth-order valence-corrected chi connectivity index (χ4v) is 1.92. The molecule has 0 saturated carbocycles. The lowest BCUT2D eigenvalue weighted by Crippen LogP contribution is -2.30. The van der Waals surface area contributed by atoms with Gasteiger partial charge in [0.25, 0.3) is 0 Å². The third kappa shape index (κ3) is 1.81. The standard InChI is InChI=1S/C12H17NO/c1-10(2)13-8-9-14-12(13)11-6-4-3-5-7-11/h3-7,10,12H,8-9H2,1-2H3/t12-/m1/s1. The minimum Gasteiger partial charge on any atom is -0.358 e.